The predicted octanol–water partition coefficient (Wildman–Crippen LogP) is 1.70. The lowest BCUT2D eigenvalue weighted by molar-refractivity contribution is -0.255. The van der Waals surface area contributed by atoms with E-state index in [4.69, 9.17) is 18.4 Å². The van der Waals surface area contributed by atoms with E-state index in [-0.39, 0.29) is 6.10 Å². The molecule has 1 fully saturated rings. The van der Waals surface area contributed by atoms with Crippen LogP contribution in [0.3, 0.4) is 0 Å². The Balaban J connectivity index is 2.09. The molecule has 0 N–H and O–H groups in total. The summed E-state index contributed by atoms with van der Waals surface area (Å²) in [5.74, 6) is 0. The van der Waals surface area contributed by atoms with Crippen molar-refractivity contribution < 1.29 is 26.8 Å². The molecule has 1 saturated heterocycles. The van der Waals surface area contributed by atoms with Gasteiger partial charge in [0.15, 0.2) is 12.4 Å². The zero-order valence-electron chi connectivity index (χ0n) is 13.0. The third kappa shape index (κ3) is 5.03. The first kappa shape index (κ1) is 17.4. The van der Waals surface area contributed by atoms with Gasteiger partial charge >= 0.3 is 0 Å². The summed E-state index contributed by atoms with van der Waals surface area (Å²) in [6, 6.07) is 9.67. The van der Waals surface area contributed by atoms with Gasteiger partial charge in [0.05, 0.1) is 25.1 Å². The maximum atomic E-state index is 11.5. The maximum absolute atomic E-state index is 11.5. The van der Waals surface area contributed by atoms with Crippen LogP contribution in [0.4, 0.5) is 0 Å². The molecule has 0 saturated carbocycles. The Morgan fingerprint density at radius 1 is 1.27 bits per heavy atom. The number of hydrogen-bond acceptors (Lipinski definition) is 6. The highest BCUT2D eigenvalue weighted by Crippen LogP contribution is 2.27. The summed E-state index contributed by atoms with van der Waals surface area (Å²) < 4.78 is 44.8. The van der Waals surface area contributed by atoms with Crippen molar-refractivity contribution in [3.63, 3.8) is 0 Å². The van der Waals surface area contributed by atoms with Gasteiger partial charge in [-0.05, 0) is 12.5 Å². The Kier molecular flexibility index (Phi) is 5.94. The minimum Gasteiger partial charge on any atom is -0.370 e. The molecule has 6 nitrogen and oxygen atoms in total. The molecular formula is C15H22O6S. The van der Waals surface area contributed by atoms with Gasteiger partial charge < -0.3 is 14.2 Å². The second-order valence-electron chi connectivity index (χ2n) is 5.39. The fourth-order valence-electron chi connectivity index (χ4n) is 2.44. The smallest absolute Gasteiger partial charge is 0.264 e. The normalized spacial score (nSPS) is 29.4. The van der Waals surface area contributed by atoms with Gasteiger partial charge in [-0.25, -0.2) is 0 Å². The number of ether oxygens (including phenoxy) is 3. The van der Waals surface area contributed by atoms with Crippen molar-refractivity contribution in [3.05, 3.63) is 35.9 Å². The van der Waals surface area contributed by atoms with Gasteiger partial charge in [-0.3, -0.25) is 4.18 Å². The molecule has 1 aliphatic rings. The molecule has 0 aliphatic carbocycles. The van der Waals surface area contributed by atoms with Crippen LogP contribution in [0.15, 0.2) is 30.3 Å². The first-order valence-electron chi connectivity index (χ1n) is 7.11. The van der Waals surface area contributed by atoms with Crippen LogP contribution in [-0.2, 0) is 35.1 Å². The van der Waals surface area contributed by atoms with E-state index in [0.29, 0.717) is 13.0 Å². The molecular weight excluding hydrogens is 308 g/mol. The van der Waals surface area contributed by atoms with Gasteiger partial charge in [0, 0.05) is 13.5 Å². The van der Waals surface area contributed by atoms with Crippen LogP contribution in [0, 0.1) is 0 Å². The number of hydrogen-bond donors (Lipinski definition) is 0. The van der Waals surface area contributed by atoms with Gasteiger partial charge in [-0.1, -0.05) is 30.3 Å². The summed E-state index contributed by atoms with van der Waals surface area (Å²) in [6.07, 6.45) is -0.591. The van der Waals surface area contributed by atoms with Crippen molar-refractivity contribution >= 4 is 10.1 Å². The second-order valence-corrected chi connectivity index (χ2v) is 6.99. The number of methoxy groups -OCH3 is 1. The summed E-state index contributed by atoms with van der Waals surface area (Å²) in [5, 5.41) is 0. The van der Waals surface area contributed by atoms with Gasteiger partial charge in [0.25, 0.3) is 10.1 Å². The van der Waals surface area contributed by atoms with Crippen molar-refractivity contribution in [2.24, 2.45) is 0 Å². The van der Waals surface area contributed by atoms with Gasteiger partial charge in [-0.2, -0.15) is 8.42 Å². The van der Waals surface area contributed by atoms with Gasteiger partial charge in [-0.15, -0.1) is 0 Å². The monoisotopic (exact) mass is 330 g/mol. The Morgan fingerprint density at radius 3 is 2.55 bits per heavy atom. The molecule has 0 unspecified atom stereocenters. The van der Waals surface area contributed by atoms with E-state index in [1.807, 2.05) is 37.3 Å². The van der Waals surface area contributed by atoms with Gasteiger partial charge in [0.1, 0.15) is 0 Å². The topological polar surface area (TPSA) is 71.1 Å². The Labute approximate surface area is 131 Å². The molecule has 1 aromatic rings. The minimum absolute atomic E-state index is 0.106. The highest BCUT2D eigenvalue weighted by Gasteiger charge is 2.41. The van der Waals surface area contributed by atoms with Crippen molar-refractivity contribution in [2.75, 3.05) is 13.4 Å². The van der Waals surface area contributed by atoms with Crippen molar-refractivity contribution in [3.8, 4) is 0 Å². The first-order valence-corrected chi connectivity index (χ1v) is 8.92. The summed E-state index contributed by atoms with van der Waals surface area (Å²) >= 11 is 0. The van der Waals surface area contributed by atoms with E-state index < -0.39 is 28.6 Å². The summed E-state index contributed by atoms with van der Waals surface area (Å²) in [5.41, 5.74) is 1.01. The fraction of sp³-hybridized carbons (Fsp3) is 0.600. The van der Waals surface area contributed by atoms with E-state index in [1.165, 1.54) is 7.11 Å². The molecule has 1 aromatic carbocycles. The van der Waals surface area contributed by atoms with Crippen LogP contribution in [0.1, 0.15) is 18.9 Å². The lowest BCUT2D eigenvalue weighted by Crippen LogP contribution is -2.51. The second kappa shape index (κ2) is 7.52. The average molecular weight is 330 g/mol. The first-order chi connectivity index (χ1) is 10.4. The molecule has 0 amide bonds. The maximum Gasteiger partial charge on any atom is 0.264 e. The third-order valence-electron chi connectivity index (χ3n) is 3.39. The molecule has 2 rings (SSSR count). The Morgan fingerprint density at radius 2 is 1.95 bits per heavy atom. The zero-order valence-corrected chi connectivity index (χ0v) is 13.8. The molecule has 0 aromatic heterocycles. The molecule has 22 heavy (non-hydrogen) atoms. The Bertz CT molecular complexity index is 559. The van der Waals surface area contributed by atoms with Gasteiger partial charge in [0.2, 0.25) is 0 Å². The van der Waals surface area contributed by atoms with Crippen molar-refractivity contribution in [1.29, 1.82) is 0 Å². The fourth-order valence-corrected chi connectivity index (χ4v) is 3.06. The summed E-state index contributed by atoms with van der Waals surface area (Å²) in [7, 11) is -2.19. The van der Waals surface area contributed by atoms with Crippen LogP contribution < -0.4 is 0 Å². The van der Waals surface area contributed by atoms with Crippen molar-refractivity contribution in [1.82, 2.24) is 0 Å². The van der Waals surface area contributed by atoms with Crippen LogP contribution in [0.5, 0.6) is 0 Å². The quantitative estimate of drug-likeness (QED) is 0.739. The van der Waals surface area contributed by atoms with Crippen LogP contribution in [0.25, 0.3) is 0 Å². The lowest BCUT2D eigenvalue weighted by Gasteiger charge is -2.38. The van der Waals surface area contributed by atoms with E-state index in [2.05, 4.69) is 0 Å². The minimum atomic E-state index is -3.64. The van der Waals surface area contributed by atoms with E-state index in [9.17, 15) is 8.42 Å². The molecule has 124 valence electrons. The number of rotatable bonds is 6. The standard InChI is InChI=1S/C15H22O6S/c1-11-9-13(19-10-12-7-5-4-6-8-12)14(15(18-2)20-11)21-22(3,16)17/h4-8,11,13-15H,9-10H2,1-3H3/t11-,13+,14-,15+/m1/s1. The molecule has 1 heterocycles. The summed E-state index contributed by atoms with van der Waals surface area (Å²) in [6.45, 7) is 2.26. The van der Waals surface area contributed by atoms with E-state index in [0.717, 1.165) is 11.8 Å². The molecule has 4 atom stereocenters. The van der Waals surface area contributed by atoms with Crippen LogP contribution >= 0.6 is 0 Å². The highest BCUT2D eigenvalue weighted by atomic mass is 32.2. The van der Waals surface area contributed by atoms with Crippen LogP contribution in [-0.4, -0.2) is 46.4 Å². The third-order valence-corrected chi connectivity index (χ3v) is 3.96. The molecule has 0 radical (unpaired) electrons. The number of benzene rings is 1. The molecule has 0 spiro atoms. The average Bonchev–Trinajstić information content (AvgIpc) is 2.46. The Hall–Kier alpha value is -0.990. The van der Waals surface area contributed by atoms with Crippen molar-refractivity contribution in [2.45, 2.75) is 44.6 Å². The van der Waals surface area contributed by atoms with E-state index >= 15 is 0 Å². The SMILES string of the molecule is CO[C@H]1O[C@H](C)C[C@H](OCc2ccccc2)[C@H]1OS(C)(=O)=O. The molecule has 1 aliphatic heterocycles. The zero-order chi connectivity index (χ0) is 16.2. The van der Waals surface area contributed by atoms with Crippen LogP contribution in [0.2, 0.25) is 0 Å². The largest absolute Gasteiger partial charge is 0.370 e. The predicted molar refractivity (Wildman–Crippen MR) is 80.7 cm³/mol. The molecule has 0 bridgehead atoms. The van der Waals surface area contributed by atoms with E-state index in [1.54, 1.807) is 0 Å². The lowest BCUT2D eigenvalue weighted by atomic mass is 10.0. The summed E-state index contributed by atoms with van der Waals surface area (Å²) in [4.78, 5) is 0. The highest BCUT2D eigenvalue weighted by molar-refractivity contribution is 7.86. The molecule has 7 heteroatoms.